The normalized spacial score (nSPS) is 17.3. The van der Waals surface area contributed by atoms with Gasteiger partial charge < -0.3 is 9.64 Å². The van der Waals surface area contributed by atoms with E-state index in [1.807, 2.05) is 55.1 Å². The zero-order chi connectivity index (χ0) is 18.8. The fraction of sp³-hybridized carbons (Fsp3) is 0.364. The predicted octanol–water partition coefficient (Wildman–Crippen LogP) is 5.05. The molecule has 1 aromatic heterocycles. The first-order chi connectivity index (χ1) is 13.1. The lowest BCUT2D eigenvalue weighted by molar-refractivity contribution is -0.137. The zero-order valence-electron chi connectivity index (χ0n) is 15.8. The molecule has 1 saturated heterocycles. The van der Waals surface area contributed by atoms with Crippen molar-refractivity contribution in [2.24, 2.45) is 0 Å². The molecule has 1 unspecified atom stereocenters. The fourth-order valence-electron chi connectivity index (χ4n) is 3.76. The van der Waals surface area contributed by atoms with Crippen molar-refractivity contribution >= 4 is 27.5 Å². The Balaban J connectivity index is 1.52. The first-order valence-electron chi connectivity index (χ1n) is 9.47. The molecule has 0 bridgehead atoms. The molecule has 2 heterocycles. The summed E-state index contributed by atoms with van der Waals surface area (Å²) in [6.45, 7) is 4.87. The highest BCUT2D eigenvalue weighted by atomic mass is 32.1. The minimum Gasteiger partial charge on any atom is -0.483 e. The summed E-state index contributed by atoms with van der Waals surface area (Å²) in [4.78, 5) is 19.7. The van der Waals surface area contributed by atoms with Gasteiger partial charge in [-0.25, -0.2) is 4.98 Å². The van der Waals surface area contributed by atoms with E-state index in [2.05, 4.69) is 6.07 Å². The third-order valence-electron chi connectivity index (χ3n) is 5.17. The van der Waals surface area contributed by atoms with Crippen molar-refractivity contribution < 1.29 is 9.53 Å². The van der Waals surface area contributed by atoms with E-state index in [4.69, 9.17) is 9.72 Å². The molecule has 1 aliphatic heterocycles. The molecule has 4 nitrogen and oxygen atoms in total. The highest BCUT2D eigenvalue weighted by molar-refractivity contribution is 7.18. The number of nitrogens with zero attached hydrogens (tertiary/aromatic N) is 2. The number of benzene rings is 2. The molecule has 1 atom stereocenters. The van der Waals surface area contributed by atoms with Crippen molar-refractivity contribution in [2.75, 3.05) is 13.2 Å². The lowest BCUT2D eigenvalue weighted by Gasteiger charge is -2.34. The van der Waals surface area contributed by atoms with Gasteiger partial charge in [-0.05, 0) is 56.4 Å². The van der Waals surface area contributed by atoms with Gasteiger partial charge in [0, 0.05) is 6.54 Å². The Bertz CT molecular complexity index is 913. The Hall–Kier alpha value is -2.40. The lowest BCUT2D eigenvalue weighted by Crippen LogP contribution is -2.41. The number of piperidine rings is 1. The largest absolute Gasteiger partial charge is 0.483 e. The average Bonchev–Trinajstić information content (AvgIpc) is 3.11. The maximum atomic E-state index is 13.0. The smallest absolute Gasteiger partial charge is 0.261 e. The summed E-state index contributed by atoms with van der Waals surface area (Å²) >= 11 is 1.70. The summed E-state index contributed by atoms with van der Waals surface area (Å²) in [5.41, 5.74) is 3.13. The van der Waals surface area contributed by atoms with Crippen LogP contribution >= 0.6 is 11.3 Å². The summed E-state index contributed by atoms with van der Waals surface area (Å²) in [6, 6.07) is 14.3. The molecule has 5 heteroatoms. The minimum atomic E-state index is 0.0432. The molecule has 4 rings (SSSR count). The number of ether oxygens (including phenoxy) is 1. The summed E-state index contributed by atoms with van der Waals surface area (Å²) in [7, 11) is 0. The van der Waals surface area contributed by atoms with Crippen LogP contribution in [0.25, 0.3) is 10.2 Å². The molecular weight excluding hydrogens is 356 g/mol. The zero-order valence-corrected chi connectivity index (χ0v) is 16.6. The molecular formula is C22H24N2O2S. The minimum absolute atomic E-state index is 0.0432. The molecule has 27 heavy (non-hydrogen) atoms. The topological polar surface area (TPSA) is 42.4 Å². The number of thiazole rings is 1. The van der Waals surface area contributed by atoms with E-state index < -0.39 is 0 Å². The van der Waals surface area contributed by atoms with Gasteiger partial charge >= 0.3 is 0 Å². The van der Waals surface area contributed by atoms with Crippen LogP contribution in [0.1, 0.15) is 41.4 Å². The predicted molar refractivity (Wildman–Crippen MR) is 109 cm³/mol. The van der Waals surface area contributed by atoms with E-state index in [1.165, 1.54) is 4.70 Å². The second-order valence-corrected chi connectivity index (χ2v) is 8.19. The highest BCUT2D eigenvalue weighted by Gasteiger charge is 2.30. The van der Waals surface area contributed by atoms with Gasteiger partial charge in [0.1, 0.15) is 10.8 Å². The van der Waals surface area contributed by atoms with Crippen LogP contribution in [0.2, 0.25) is 0 Å². The van der Waals surface area contributed by atoms with E-state index >= 15 is 0 Å². The number of aryl methyl sites for hydroxylation is 2. The van der Waals surface area contributed by atoms with Crippen LogP contribution in [0.15, 0.2) is 42.5 Å². The molecule has 0 spiro atoms. The molecule has 0 radical (unpaired) electrons. The first-order valence-corrected chi connectivity index (χ1v) is 10.3. The highest BCUT2D eigenvalue weighted by Crippen LogP contribution is 2.35. The van der Waals surface area contributed by atoms with Crippen molar-refractivity contribution in [1.82, 2.24) is 9.88 Å². The third-order valence-corrected chi connectivity index (χ3v) is 6.31. The standard InChI is InChI=1S/C22H24N2O2S/c1-15-8-7-9-16(2)21(15)26-14-20(25)24-13-6-5-11-18(24)22-23-17-10-3-4-12-19(17)27-22/h3-4,7-10,12,18H,5-6,11,13-14H2,1-2H3. The summed E-state index contributed by atoms with van der Waals surface area (Å²) in [5.74, 6) is 0.862. The molecule has 0 saturated carbocycles. The number of amides is 1. The number of likely N-dealkylation sites (tertiary alicyclic amines) is 1. The van der Waals surface area contributed by atoms with Crippen LogP contribution in [0.3, 0.4) is 0 Å². The number of hydrogen-bond donors (Lipinski definition) is 0. The van der Waals surface area contributed by atoms with Gasteiger partial charge in [-0.15, -0.1) is 11.3 Å². The number of rotatable bonds is 4. The van der Waals surface area contributed by atoms with Crippen molar-refractivity contribution in [3.63, 3.8) is 0 Å². The Kier molecular flexibility index (Phi) is 5.12. The fourth-order valence-corrected chi connectivity index (χ4v) is 4.88. The average molecular weight is 381 g/mol. The number of aromatic nitrogens is 1. The summed E-state index contributed by atoms with van der Waals surface area (Å²) in [6.07, 6.45) is 3.13. The number of carbonyl (C=O) groups is 1. The van der Waals surface area contributed by atoms with Crippen molar-refractivity contribution in [2.45, 2.75) is 39.2 Å². The van der Waals surface area contributed by atoms with E-state index in [0.717, 1.165) is 53.2 Å². The molecule has 2 aromatic carbocycles. The molecule has 0 aliphatic carbocycles. The lowest BCUT2D eigenvalue weighted by atomic mass is 10.0. The Morgan fingerprint density at radius 2 is 1.93 bits per heavy atom. The van der Waals surface area contributed by atoms with Crippen LogP contribution in [-0.2, 0) is 4.79 Å². The molecule has 1 aliphatic rings. The van der Waals surface area contributed by atoms with Crippen LogP contribution in [-0.4, -0.2) is 28.9 Å². The maximum absolute atomic E-state index is 13.0. The van der Waals surface area contributed by atoms with Crippen LogP contribution in [0.5, 0.6) is 5.75 Å². The van der Waals surface area contributed by atoms with E-state index in [0.29, 0.717) is 0 Å². The second kappa shape index (κ2) is 7.69. The van der Waals surface area contributed by atoms with E-state index in [-0.39, 0.29) is 18.6 Å². The number of hydrogen-bond acceptors (Lipinski definition) is 4. The van der Waals surface area contributed by atoms with Gasteiger partial charge in [0.25, 0.3) is 5.91 Å². The molecule has 3 aromatic rings. The number of para-hydroxylation sites is 2. The van der Waals surface area contributed by atoms with Gasteiger partial charge in [0.05, 0.1) is 16.3 Å². The second-order valence-electron chi connectivity index (χ2n) is 7.13. The summed E-state index contributed by atoms with van der Waals surface area (Å²) in [5, 5.41) is 1.04. The summed E-state index contributed by atoms with van der Waals surface area (Å²) < 4.78 is 7.10. The van der Waals surface area contributed by atoms with Crippen LogP contribution in [0.4, 0.5) is 0 Å². The monoisotopic (exact) mass is 380 g/mol. The molecule has 1 fully saturated rings. The quantitative estimate of drug-likeness (QED) is 0.636. The van der Waals surface area contributed by atoms with Crippen molar-refractivity contribution in [3.8, 4) is 5.75 Å². The number of fused-ring (bicyclic) bond motifs is 1. The first kappa shape index (κ1) is 18.0. The van der Waals surface area contributed by atoms with Gasteiger partial charge in [0.2, 0.25) is 0 Å². The van der Waals surface area contributed by atoms with Gasteiger partial charge in [-0.3, -0.25) is 4.79 Å². The Morgan fingerprint density at radius 1 is 1.15 bits per heavy atom. The Morgan fingerprint density at radius 3 is 2.70 bits per heavy atom. The van der Waals surface area contributed by atoms with Crippen molar-refractivity contribution in [3.05, 3.63) is 58.6 Å². The van der Waals surface area contributed by atoms with Crippen molar-refractivity contribution in [1.29, 1.82) is 0 Å². The van der Waals surface area contributed by atoms with Gasteiger partial charge in [0.15, 0.2) is 6.61 Å². The van der Waals surface area contributed by atoms with Gasteiger partial charge in [-0.1, -0.05) is 30.3 Å². The Labute approximate surface area is 163 Å². The van der Waals surface area contributed by atoms with Crippen LogP contribution in [0, 0.1) is 13.8 Å². The molecule has 140 valence electrons. The molecule has 0 N–H and O–H groups in total. The maximum Gasteiger partial charge on any atom is 0.261 e. The SMILES string of the molecule is Cc1cccc(C)c1OCC(=O)N1CCCCC1c1nc2ccccc2s1. The van der Waals surface area contributed by atoms with E-state index in [9.17, 15) is 4.79 Å². The number of carbonyl (C=O) groups excluding carboxylic acids is 1. The van der Waals surface area contributed by atoms with E-state index in [1.54, 1.807) is 11.3 Å². The molecule has 1 amide bonds. The van der Waals surface area contributed by atoms with Gasteiger partial charge in [-0.2, -0.15) is 0 Å². The van der Waals surface area contributed by atoms with Crippen LogP contribution < -0.4 is 4.74 Å². The third kappa shape index (κ3) is 3.69.